The van der Waals surface area contributed by atoms with Gasteiger partial charge in [-0.25, -0.2) is 0 Å². The van der Waals surface area contributed by atoms with Crippen molar-refractivity contribution in [3.63, 3.8) is 0 Å². The Morgan fingerprint density at radius 3 is 2.77 bits per heavy atom. The second-order valence-corrected chi connectivity index (χ2v) is 8.10. The molecule has 0 amide bonds. The van der Waals surface area contributed by atoms with Crippen molar-refractivity contribution in [1.82, 2.24) is 4.90 Å². The van der Waals surface area contributed by atoms with Gasteiger partial charge in [-0.15, -0.1) is 0 Å². The van der Waals surface area contributed by atoms with E-state index in [4.69, 9.17) is 5.84 Å². The van der Waals surface area contributed by atoms with Crippen LogP contribution in [0.25, 0.3) is 0 Å². The van der Waals surface area contributed by atoms with E-state index < -0.39 is 11.4 Å². The number of nitrogens with zero attached hydrogens (tertiary/aromatic N) is 2. The summed E-state index contributed by atoms with van der Waals surface area (Å²) >= 11 is 1.63. The topological polar surface area (TPSA) is 78.9 Å². The number of thiophene rings is 1. The van der Waals surface area contributed by atoms with Crippen LogP contribution in [0.4, 0.5) is 0 Å². The van der Waals surface area contributed by atoms with Crippen LogP contribution >= 0.6 is 11.3 Å². The highest BCUT2D eigenvalue weighted by molar-refractivity contribution is 7.08. The standard InChI is InChI=1S/C20H23N3O2S/c21-22-18-7-6-16(15-8-9-26-12-15)20(19(24)25)13-23(11-17(18)20)10-14-4-2-1-3-5-14/h1-5,8-9,12,16-17H,6-7,10-11,13,21H2,(H,24,25). The molecule has 5 nitrogen and oxygen atoms in total. The third kappa shape index (κ3) is 2.73. The molecule has 2 aliphatic rings. The van der Waals surface area contributed by atoms with Gasteiger partial charge in [-0.3, -0.25) is 9.69 Å². The first kappa shape index (κ1) is 17.2. The fraction of sp³-hybridized carbons (Fsp3) is 0.400. The Morgan fingerprint density at radius 1 is 1.31 bits per heavy atom. The Kier molecular flexibility index (Phi) is 4.54. The van der Waals surface area contributed by atoms with E-state index in [2.05, 4.69) is 33.6 Å². The minimum Gasteiger partial charge on any atom is -0.481 e. The summed E-state index contributed by atoms with van der Waals surface area (Å²) < 4.78 is 0. The van der Waals surface area contributed by atoms with Gasteiger partial charge in [0, 0.05) is 37.2 Å². The summed E-state index contributed by atoms with van der Waals surface area (Å²) in [5.41, 5.74) is 2.34. The van der Waals surface area contributed by atoms with E-state index in [0.717, 1.165) is 30.7 Å². The average Bonchev–Trinajstić information content (AvgIpc) is 3.30. The Bertz CT molecular complexity index is 806. The van der Waals surface area contributed by atoms with Crippen LogP contribution in [-0.4, -0.2) is 34.8 Å². The van der Waals surface area contributed by atoms with Crippen molar-refractivity contribution in [2.45, 2.75) is 25.3 Å². The zero-order chi connectivity index (χ0) is 18.1. The van der Waals surface area contributed by atoms with Gasteiger partial charge in [0.2, 0.25) is 0 Å². The predicted molar refractivity (Wildman–Crippen MR) is 103 cm³/mol. The second kappa shape index (κ2) is 6.85. The van der Waals surface area contributed by atoms with E-state index in [1.165, 1.54) is 5.56 Å². The molecule has 1 aliphatic carbocycles. The predicted octanol–water partition coefficient (Wildman–Crippen LogP) is 3.14. The lowest BCUT2D eigenvalue weighted by atomic mass is 9.59. The number of hydrogen-bond acceptors (Lipinski definition) is 5. The van der Waals surface area contributed by atoms with E-state index in [1.807, 2.05) is 23.6 Å². The van der Waals surface area contributed by atoms with Crippen molar-refractivity contribution in [2.75, 3.05) is 13.1 Å². The summed E-state index contributed by atoms with van der Waals surface area (Å²) in [6.45, 7) is 1.97. The lowest BCUT2D eigenvalue weighted by molar-refractivity contribution is -0.151. The molecule has 3 atom stereocenters. The average molecular weight is 369 g/mol. The molecule has 1 saturated heterocycles. The van der Waals surface area contributed by atoms with Crippen LogP contribution in [0.1, 0.15) is 29.9 Å². The van der Waals surface area contributed by atoms with Gasteiger partial charge in [0.15, 0.2) is 0 Å². The van der Waals surface area contributed by atoms with Gasteiger partial charge in [-0.05, 0) is 40.8 Å². The highest BCUT2D eigenvalue weighted by Crippen LogP contribution is 2.54. The molecule has 0 bridgehead atoms. The van der Waals surface area contributed by atoms with Gasteiger partial charge in [-0.2, -0.15) is 16.4 Å². The number of hydrazone groups is 1. The largest absolute Gasteiger partial charge is 0.481 e. The van der Waals surface area contributed by atoms with E-state index in [1.54, 1.807) is 11.3 Å². The van der Waals surface area contributed by atoms with Crippen LogP contribution in [0.3, 0.4) is 0 Å². The van der Waals surface area contributed by atoms with Gasteiger partial charge >= 0.3 is 5.97 Å². The summed E-state index contributed by atoms with van der Waals surface area (Å²) in [6, 6.07) is 12.3. The van der Waals surface area contributed by atoms with Crippen molar-refractivity contribution in [3.05, 3.63) is 58.3 Å². The van der Waals surface area contributed by atoms with Crippen molar-refractivity contribution < 1.29 is 9.90 Å². The third-order valence-electron chi connectivity index (χ3n) is 6.02. The number of nitrogens with two attached hydrogens (primary N) is 1. The van der Waals surface area contributed by atoms with E-state index in [0.29, 0.717) is 13.1 Å². The number of benzene rings is 1. The number of likely N-dealkylation sites (tertiary alicyclic amines) is 1. The smallest absolute Gasteiger partial charge is 0.312 e. The molecule has 2 heterocycles. The second-order valence-electron chi connectivity index (χ2n) is 7.32. The first-order valence-electron chi connectivity index (χ1n) is 8.93. The molecule has 2 fully saturated rings. The molecular formula is C20H23N3O2S. The van der Waals surface area contributed by atoms with Crippen molar-refractivity contribution >= 4 is 23.0 Å². The number of carboxylic acids is 1. The summed E-state index contributed by atoms with van der Waals surface area (Å²) in [6.07, 6.45) is 1.56. The minimum absolute atomic E-state index is 0.00234. The molecular weight excluding hydrogens is 346 g/mol. The number of carbonyl (C=O) groups is 1. The maximum absolute atomic E-state index is 12.6. The summed E-state index contributed by atoms with van der Waals surface area (Å²) in [7, 11) is 0. The maximum Gasteiger partial charge on any atom is 0.312 e. The Hall–Kier alpha value is -2.18. The highest BCUT2D eigenvalue weighted by Gasteiger charge is 2.60. The summed E-state index contributed by atoms with van der Waals surface area (Å²) in [4.78, 5) is 14.9. The molecule has 26 heavy (non-hydrogen) atoms. The zero-order valence-corrected chi connectivity index (χ0v) is 15.4. The van der Waals surface area contributed by atoms with Crippen molar-refractivity contribution in [2.24, 2.45) is 22.3 Å². The van der Waals surface area contributed by atoms with Crippen LogP contribution < -0.4 is 5.84 Å². The molecule has 2 aromatic rings. The van der Waals surface area contributed by atoms with Crippen molar-refractivity contribution in [3.8, 4) is 0 Å². The molecule has 1 aromatic carbocycles. The van der Waals surface area contributed by atoms with Gasteiger partial charge in [0.1, 0.15) is 0 Å². The van der Waals surface area contributed by atoms with Crippen LogP contribution in [-0.2, 0) is 11.3 Å². The van der Waals surface area contributed by atoms with Crippen LogP contribution in [0.2, 0.25) is 0 Å². The molecule has 0 spiro atoms. The SMILES string of the molecule is NN=C1CCC(c2ccsc2)C2(C(=O)O)CN(Cc3ccccc3)CC12. The van der Waals surface area contributed by atoms with Crippen LogP contribution in [0.5, 0.6) is 0 Å². The molecule has 1 aliphatic heterocycles. The molecule has 6 heteroatoms. The molecule has 1 saturated carbocycles. The third-order valence-corrected chi connectivity index (χ3v) is 6.72. The van der Waals surface area contributed by atoms with Gasteiger partial charge in [0.25, 0.3) is 0 Å². The molecule has 0 radical (unpaired) electrons. The van der Waals surface area contributed by atoms with E-state index in [9.17, 15) is 9.90 Å². The zero-order valence-electron chi connectivity index (χ0n) is 14.5. The molecule has 3 unspecified atom stereocenters. The number of rotatable bonds is 4. The Morgan fingerprint density at radius 2 is 2.12 bits per heavy atom. The first-order valence-corrected chi connectivity index (χ1v) is 9.88. The number of aliphatic carboxylic acids is 1. The first-order chi connectivity index (χ1) is 12.6. The van der Waals surface area contributed by atoms with Crippen LogP contribution in [0.15, 0.2) is 52.3 Å². The number of carboxylic acid groups (broad SMARTS) is 1. The van der Waals surface area contributed by atoms with E-state index in [-0.39, 0.29) is 11.8 Å². The van der Waals surface area contributed by atoms with E-state index >= 15 is 0 Å². The highest BCUT2D eigenvalue weighted by atomic mass is 32.1. The normalized spacial score (nSPS) is 30.4. The fourth-order valence-electron chi connectivity index (χ4n) is 4.87. The molecule has 1 aromatic heterocycles. The molecule has 136 valence electrons. The summed E-state index contributed by atoms with van der Waals surface area (Å²) in [5, 5.41) is 18.5. The Balaban J connectivity index is 1.71. The molecule has 3 N–H and O–H groups in total. The fourth-order valence-corrected chi connectivity index (χ4v) is 5.58. The number of hydrogen-bond donors (Lipinski definition) is 2. The minimum atomic E-state index is -0.855. The lowest BCUT2D eigenvalue weighted by Crippen LogP contribution is -2.50. The molecule has 4 rings (SSSR count). The number of fused-ring (bicyclic) bond motifs is 1. The summed E-state index contributed by atoms with van der Waals surface area (Å²) in [5.74, 6) is 4.80. The maximum atomic E-state index is 12.6. The quantitative estimate of drug-likeness (QED) is 0.641. The monoisotopic (exact) mass is 369 g/mol. The van der Waals surface area contributed by atoms with Crippen molar-refractivity contribution in [1.29, 1.82) is 0 Å². The Labute approximate surface area is 157 Å². The van der Waals surface area contributed by atoms with Crippen LogP contribution in [0, 0.1) is 11.3 Å². The lowest BCUT2D eigenvalue weighted by Gasteiger charge is -2.42. The van der Waals surface area contributed by atoms with Gasteiger partial charge in [-0.1, -0.05) is 30.3 Å². The van der Waals surface area contributed by atoms with Gasteiger partial charge < -0.3 is 10.9 Å². The van der Waals surface area contributed by atoms with Gasteiger partial charge in [0.05, 0.1) is 5.41 Å².